The van der Waals surface area contributed by atoms with Gasteiger partial charge in [0.15, 0.2) is 5.82 Å². The fourth-order valence-electron chi connectivity index (χ4n) is 2.87. The Morgan fingerprint density at radius 3 is 3.00 bits per heavy atom. The number of hydrogen-bond acceptors (Lipinski definition) is 4. The summed E-state index contributed by atoms with van der Waals surface area (Å²) in [5.74, 6) is 0.0441. The summed E-state index contributed by atoms with van der Waals surface area (Å²) >= 11 is 0. The Bertz CT molecular complexity index is 646. The Morgan fingerprint density at radius 1 is 1.55 bits per heavy atom. The molecule has 0 unspecified atom stereocenters. The summed E-state index contributed by atoms with van der Waals surface area (Å²) in [4.78, 5) is 15.3. The number of hydrogen-bond donors (Lipinski definition) is 2. The van der Waals surface area contributed by atoms with Crippen LogP contribution in [0.2, 0.25) is 0 Å². The molecular formula is C14H18N4O2. The van der Waals surface area contributed by atoms with E-state index in [0.717, 1.165) is 36.3 Å². The number of carbonyl (C=O) groups is 1. The minimum Gasteiger partial charge on any atom is -0.481 e. The second-order valence-electron chi connectivity index (χ2n) is 5.67. The Labute approximate surface area is 116 Å². The van der Waals surface area contributed by atoms with Gasteiger partial charge in [-0.15, -0.1) is 0 Å². The van der Waals surface area contributed by atoms with Crippen molar-refractivity contribution in [2.75, 3.05) is 11.9 Å². The predicted molar refractivity (Wildman–Crippen MR) is 74.8 cm³/mol. The van der Waals surface area contributed by atoms with Crippen LogP contribution in [0.4, 0.5) is 5.82 Å². The van der Waals surface area contributed by atoms with Gasteiger partial charge in [0.2, 0.25) is 0 Å². The number of carboxylic acids is 1. The maximum Gasteiger partial charge on any atom is 0.303 e. The number of aromatic nitrogens is 3. The van der Waals surface area contributed by atoms with Crippen molar-refractivity contribution in [2.45, 2.75) is 32.6 Å². The molecule has 106 valence electrons. The van der Waals surface area contributed by atoms with E-state index in [2.05, 4.69) is 15.4 Å². The third kappa shape index (κ3) is 2.33. The van der Waals surface area contributed by atoms with E-state index in [1.54, 1.807) is 10.7 Å². The van der Waals surface area contributed by atoms with Crippen LogP contribution in [0.5, 0.6) is 0 Å². The van der Waals surface area contributed by atoms with Crippen LogP contribution in [-0.2, 0) is 4.79 Å². The largest absolute Gasteiger partial charge is 0.481 e. The second kappa shape index (κ2) is 4.77. The molecule has 0 amide bonds. The molecule has 0 aliphatic heterocycles. The number of nitrogens with zero attached hydrogens (tertiary/aromatic N) is 3. The molecule has 1 aliphatic carbocycles. The summed E-state index contributed by atoms with van der Waals surface area (Å²) in [7, 11) is 0. The van der Waals surface area contributed by atoms with E-state index in [4.69, 9.17) is 5.11 Å². The van der Waals surface area contributed by atoms with Crippen LogP contribution in [0, 0.1) is 12.3 Å². The van der Waals surface area contributed by atoms with E-state index >= 15 is 0 Å². The van der Waals surface area contributed by atoms with Gasteiger partial charge >= 0.3 is 5.97 Å². The van der Waals surface area contributed by atoms with Crippen LogP contribution in [0.15, 0.2) is 18.5 Å². The van der Waals surface area contributed by atoms with Gasteiger partial charge in [0.05, 0.1) is 12.1 Å². The molecule has 0 radical (unpaired) electrons. The minimum absolute atomic E-state index is 0.116. The molecule has 0 bridgehead atoms. The highest BCUT2D eigenvalue weighted by Gasteiger charge is 2.38. The van der Waals surface area contributed by atoms with E-state index in [0.29, 0.717) is 6.54 Å². The lowest BCUT2D eigenvalue weighted by molar-refractivity contribution is -0.141. The Morgan fingerprint density at radius 2 is 2.35 bits per heavy atom. The normalized spacial score (nSPS) is 16.9. The lowest BCUT2D eigenvalue weighted by Crippen LogP contribution is -2.38. The minimum atomic E-state index is -0.724. The van der Waals surface area contributed by atoms with E-state index in [-0.39, 0.29) is 11.8 Å². The van der Waals surface area contributed by atoms with Crippen LogP contribution >= 0.6 is 0 Å². The molecule has 0 atom stereocenters. The summed E-state index contributed by atoms with van der Waals surface area (Å²) in [6.45, 7) is 2.59. The van der Waals surface area contributed by atoms with Crippen molar-refractivity contribution >= 4 is 17.3 Å². The van der Waals surface area contributed by atoms with Gasteiger partial charge in [-0.05, 0) is 31.2 Å². The zero-order valence-corrected chi connectivity index (χ0v) is 11.5. The molecule has 20 heavy (non-hydrogen) atoms. The zero-order valence-electron chi connectivity index (χ0n) is 11.5. The van der Waals surface area contributed by atoms with Crippen molar-refractivity contribution in [1.82, 2.24) is 14.6 Å². The van der Waals surface area contributed by atoms with Gasteiger partial charge in [-0.2, -0.15) is 5.10 Å². The fraction of sp³-hybridized carbons (Fsp3) is 0.500. The van der Waals surface area contributed by atoms with Crippen molar-refractivity contribution in [1.29, 1.82) is 0 Å². The SMILES string of the molecule is Cc1cc2c(NCC3(CC(=O)O)CCC3)nccn2n1. The van der Waals surface area contributed by atoms with Gasteiger partial charge in [0, 0.05) is 18.9 Å². The maximum absolute atomic E-state index is 11.0. The third-order valence-electron chi connectivity index (χ3n) is 4.08. The molecule has 3 rings (SSSR count). The highest BCUT2D eigenvalue weighted by molar-refractivity contribution is 5.69. The van der Waals surface area contributed by atoms with E-state index in [1.807, 2.05) is 19.2 Å². The molecule has 6 heteroatoms. The second-order valence-corrected chi connectivity index (χ2v) is 5.67. The van der Waals surface area contributed by atoms with Gasteiger partial charge in [-0.1, -0.05) is 6.42 Å². The Kier molecular flexibility index (Phi) is 3.08. The topological polar surface area (TPSA) is 79.5 Å². The quantitative estimate of drug-likeness (QED) is 0.872. The molecule has 6 nitrogen and oxygen atoms in total. The lowest BCUT2D eigenvalue weighted by atomic mass is 9.66. The molecular weight excluding hydrogens is 256 g/mol. The first-order valence-electron chi connectivity index (χ1n) is 6.85. The molecule has 2 heterocycles. The van der Waals surface area contributed by atoms with Gasteiger partial charge < -0.3 is 10.4 Å². The molecule has 0 saturated heterocycles. The van der Waals surface area contributed by atoms with Gasteiger partial charge in [0.25, 0.3) is 0 Å². The van der Waals surface area contributed by atoms with Crippen molar-refractivity contribution in [3.63, 3.8) is 0 Å². The predicted octanol–water partition coefficient (Wildman–Crippen LogP) is 2.09. The number of aliphatic carboxylic acids is 1. The van der Waals surface area contributed by atoms with Crippen molar-refractivity contribution < 1.29 is 9.90 Å². The van der Waals surface area contributed by atoms with E-state index < -0.39 is 5.97 Å². The molecule has 1 fully saturated rings. The number of carboxylic acid groups (broad SMARTS) is 1. The first-order valence-corrected chi connectivity index (χ1v) is 6.85. The monoisotopic (exact) mass is 274 g/mol. The average molecular weight is 274 g/mol. The summed E-state index contributed by atoms with van der Waals surface area (Å²) < 4.78 is 1.79. The van der Waals surface area contributed by atoms with Crippen LogP contribution in [0.1, 0.15) is 31.4 Å². The summed E-state index contributed by atoms with van der Waals surface area (Å²) in [6.07, 6.45) is 6.78. The lowest BCUT2D eigenvalue weighted by Gasteiger charge is -2.41. The number of fused-ring (bicyclic) bond motifs is 1. The number of anilines is 1. The van der Waals surface area contributed by atoms with Crippen LogP contribution in [-0.4, -0.2) is 32.2 Å². The Balaban J connectivity index is 1.78. The summed E-state index contributed by atoms with van der Waals surface area (Å²) in [5.41, 5.74) is 1.75. The van der Waals surface area contributed by atoms with Crippen molar-refractivity contribution in [3.8, 4) is 0 Å². The number of rotatable bonds is 5. The fourth-order valence-corrected chi connectivity index (χ4v) is 2.87. The smallest absolute Gasteiger partial charge is 0.303 e. The number of aryl methyl sites for hydroxylation is 1. The average Bonchev–Trinajstić information content (AvgIpc) is 2.72. The molecule has 2 aromatic rings. The van der Waals surface area contributed by atoms with Crippen molar-refractivity contribution in [2.24, 2.45) is 5.41 Å². The third-order valence-corrected chi connectivity index (χ3v) is 4.08. The van der Waals surface area contributed by atoms with Gasteiger partial charge in [-0.3, -0.25) is 4.79 Å². The molecule has 1 aliphatic rings. The van der Waals surface area contributed by atoms with Gasteiger partial charge in [0.1, 0.15) is 5.52 Å². The van der Waals surface area contributed by atoms with Crippen molar-refractivity contribution in [3.05, 3.63) is 24.2 Å². The van der Waals surface area contributed by atoms with E-state index in [1.165, 1.54) is 0 Å². The zero-order chi connectivity index (χ0) is 14.2. The van der Waals surface area contributed by atoms with Crippen LogP contribution in [0.25, 0.3) is 5.52 Å². The summed E-state index contributed by atoms with van der Waals surface area (Å²) in [6, 6.07) is 1.97. The summed E-state index contributed by atoms with van der Waals surface area (Å²) in [5, 5.41) is 16.7. The molecule has 1 saturated carbocycles. The number of nitrogens with one attached hydrogen (secondary N) is 1. The van der Waals surface area contributed by atoms with E-state index in [9.17, 15) is 4.79 Å². The molecule has 2 aromatic heterocycles. The first kappa shape index (κ1) is 12.9. The maximum atomic E-state index is 11.0. The molecule has 2 N–H and O–H groups in total. The Hall–Kier alpha value is -2.11. The molecule has 0 spiro atoms. The van der Waals surface area contributed by atoms with Crippen LogP contribution < -0.4 is 5.32 Å². The molecule has 0 aromatic carbocycles. The highest BCUT2D eigenvalue weighted by Crippen LogP contribution is 2.44. The van der Waals surface area contributed by atoms with Gasteiger partial charge in [-0.25, -0.2) is 9.50 Å². The van der Waals surface area contributed by atoms with Crippen LogP contribution in [0.3, 0.4) is 0 Å². The highest BCUT2D eigenvalue weighted by atomic mass is 16.4. The standard InChI is InChI=1S/C14H18N4O2/c1-10-7-11-13(15-5-6-18(11)17-10)16-9-14(3-2-4-14)8-12(19)20/h5-7H,2-4,8-9H2,1H3,(H,15,16)(H,19,20). The first-order chi connectivity index (χ1) is 9.58.